The van der Waals surface area contributed by atoms with Crippen molar-refractivity contribution in [3.8, 4) is 6.07 Å². The lowest BCUT2D eigenvalue weighted by Gasteiger charge is -2.47. The van der Waals surface area contributed by atoms with Gasteiger partial charge in [-0.3, -0.25) is 9.80 Å². The molecule has 124 valence electrons. The molecule has 0 aromatic heterocycles. The summed E-state index contributed by atoms with van der Waals surface area (Å²) in [6.45, 7) is 5.69. The Morgan fingerprint density at radius 1 is 1.13 bits per heavy atom. The predicted octanol–water partition coefficient (Wildman–Crippen LogP) is 0.172. The highest BCUT2D eigenvalue weighted by Crippen LogP contribution is 2.15. The smallest absolute Gasteiger partial charge is 0.215 e. The minimum absolute atomic E-state index is 0.0176. The third-order valence-electron chi connectivity index (χ3n) is 4.59. The molecule has 3 aliphatic heterocycles. The van der Waals surface area contributed by atoms with Gasteiger partial charge in [-0.15, -0.1) is 0 Å². The van der Waals surface area contributed by atoms with Gasteiger partial charge in [-0.25, -0.2) is 13.1 Å². The number of hydrogen-bond acceptors (Lipinski definition) is 5. The summed E-state index contributed by atoms with van der Waals surface area (Å²) in [6, 6.07) is 9.55. The van der Waals surface area contributed by atoms with Crippen molar-refractivity contribution in [3.63, 3.8) is 0 Å². The Balaban J connectivity index is 1.54. The van der Waals surface area contributed by atoms with Gasteiger partial charge in [-0.1, -0.05) is 24.3 Å². The van der Waals surface area contributed by atoms with Crippen LogP contribution in [0.4, 0.5) is 0 Å². The summed E-state index contributed by atoms with van der Waals surface area (Å²) in [5.74, 6) is -0.0176. The zero-order valence-electron chi connectivity index (χ0n) is 13.1. The van der Waals surface area contributed by atoms with E-state index in [1.54, 1.807) is 12.1 Å². The van der Waals surface area contributed by atoms with Crippen molar-refractivity contribution in [2.45, 2.75) is 18.2 Å². The minimum atomic E-state index is -3.34. The Hall–Kier alpha value is -1.46. The van der Waals surface area contributed by atoms with Gasteiger partial charge in [-0.05, 0) is 11.1 Å². The topological polar surface area (TPSA) is 76.4 Å². The lowest BCUT2D eigenvalue weighted by molar-refractivity contribution is 0.0158. The molecule has 7 heteroatoms. The quantitative estimate of drug-likeness (QED) is 0.803. The van der Waals surface area contributed by atoms with E-state index in [1.165, 1.54) is 0 Å². The third kappa shape index (κ3) is 4.30. The summed E-state index contributed by atoms with van der Waals surface area (Å²) in [7, 11) is -3.34. The molecule has 3 saturated heterocycles. The Morgan fingerprint density at radius 2 is 1.78 bits per heavy atom. The van der Waals surface area contributed by atoms with E-state index < -0.39 is 10.0 Å². The SMILES string of the molecule is N#CCc1ccc(CS(=O)(=O)NCC2CN3CCN2CC3)cc1. The Morgan fingerprint density at radius 3 is 2.35 bits per heavy atom. The van der Waals surface area contributed by atoms with Gasteiger partial charge < -0.3 is 0 Å². The lowest BCUT2D eigenvalue weighted by Crippen LogP contribution is -2.63. The summed E-state index contributed by atoms with van der Waals surface area (Å²) in [5.41, 5.74) is 1.65. The normalized spacial score (nSPS) is 26.8. The Labute approximate surface area is 137 Å². The maximum atomic E-state index is 12.3. The fourth-order valence-electron chi connectivity index (χ4n) is 3.26. The molecule has 1 unspecified atom stereocenters. The second kappa shape index (κ2) is 6.97. The molecular weight excluding hydrogens is 312 g/mol. The standard InChI is InChI=1S/C16H22N4O2S/c17-6-5-14-1-3-15(4-2-14)13-23(21,22)18-11-16-12-19-7-9-20(16)10-8-19/h1-4,16,18H,5,7-13H2. The van der Waals surface area contributed by atoms with Crippen LogP contribution in [-0.2, 0) is 22.2 Å². The molecule has 0 aliphatic carbocycles. The van der Waals surface area contributed by atoms with Crippen LogP contribution in [0.1, 0.15) is 11.1 Å². The average Bonchev–Trinajstić information content (AvgIpc) is 2.56. The molecule has 3 fully saturated rings. The number of benzene rings is 1. The molecule has 2 bridgehead atoms. The zero-order valence-corrected chi connectivity index (χ0v) is 13.9. The molecule has 0 spiro atoms. The number of sulfonamides is 1. The van der Waals surface area contributed by atoms with Gasteiger partial charge in [0.25, 0.3) is 0 Å². The molecule has 3 aliphatic rings. The van der Waals surface area contributed by atoms with E-state index in [0.29, 0.717) is 13.0 Å². The summed E-state index contributed by atoms with van der Waals surface area (Å²) in [5, 5.41) is 8.65. The van der Waals surface area contributed by atoms with E-state index in [-0.39, 0.29) is 11.8 Å². The van der Waals surface area contributed by atoms with E-state index in [2.05, 4.69) is 20.6 Å². The first-order valence-corrected chi connectivity index (χ1v) is 9.59. The first kappa shape index (κ1) is 16.4. The first-order chi connectivity index (χ1) is 11.1. The van der Waals surface area contributed by atoms with Crippen LogP contribution in [0, 0.1) is 11.3 Å². The molecule has 0 radical (unpaired) electrons. The number of rotatable bonds is 6. The van der Waals surface area contributed by atoms with Crippen LogP contribution >= 0.6 is 0 Å². The average molecular weight is 334 g/mol. The van der Waals surface area contributed by atoms with Gasteiger partial charge in [0.2, 0.25) is 10.0 Å². The van der Waals surface area contributed by atoms with Crippen LogP contribution in [0.5, 0.6) is 0 Å². The number of nitrogens with one attached hydrogen (secondary N) is 1. The first-order valence-electron chi connectivity index (χ1n) is 7.94. The monoisotopic (exact) mass is 334 g/mol. The second-order valence-electron chi connectivity index (χ2n) is 6.25. The van der Waals surface area contributed by atoms with Gasteiger partial charge >= 0.3 is 0 Å². The molecular formula is C16H22N4O2S. The van der Waals surface area contributed by atoms with Gasteiger partial charge in [0.15, 0.2) is 0 Å². The number of nitriles is 1. The molecule has 6 nitrogen and oxygen atoms in total. The molecule has 1 aromatic carbocycles. The predicted molar refractivity (Wildman–Crippen MR) is 88.2 cm³/mol. The molecule has 1 N–H and O–H groups in total. The lowest BCUT2D eigenvalue weighted by atomic mass is 10.1. The van der Waals surface area contributed by atoms with Crippen molar-refractivity contribution < 1.29 is 8.42 Å². The van der Waals surface area contributed by atoms with E-state index in [1.807, 2.05) is 12.1 Å². The number of fused-ring (bicyclic) bond motifs is 3. The van der Waals surface area contributed by atoms with Crippen LogP contribution < -0.4 is 4.72 Å². The highest BCUT2D eigenvalue weighted by atomic mass is 32.2. The third-order valence-corrected chi connectivity index (χ3v) is 5.91. The molecule has 0 amide bonds. The fourth-order valence-corrected chi connectivity index (χ4v) is 4.44. The highest BCUT2D eigenvalue weighted by molar-refractivity contribution is 7.88. The van der Waals surface area contributed by atoms with Crippen molar-refractivity contribution in [1.82, 2.24) is 14.5 Å². The summed E-state index contributed by atoms with van der Waals surface area (Å²) >= 11 is 0. The largest absolute Gasteiger partial charge is 0.299 e. The number of nitrogens with zero attached hydrogens (tertiary/aromatic N) is 3. The summed E-state index contributed by atoms with van der Waals surface area (Å²) < 4.78 is 27.3. The van der Waals surface area contributed by atoms with Gasteiger partial charge in [-0.2, -0.15) is 5.26 Å². The Bertz CT molecular complexity index is 673. The maximum absolute atomic E-state index is 12.3. The van der Waals surface area contributed by atoms with E-state index in [4.69, 9.17) is 5.26 Å². The molecule has 1 aromatic rings. The Kier molecular flexibility index (Phi) is 4.97. The van der Waals surface area contributed by atoms with E-state index in [0.717, 1.165) is 43.9 Å². The summed E-state index contributed by atoms with van der Waals surface area (Å²) in [4.78, 5) is 4.77. The van der Waals surface area contributed by atoms with Crippen molar-refractivity contribution in [1.29, 1.82) is 5.26 Å². The van der Waals surface area contributed by atoms with Gasteiger partial charge in [0, 0.05) is 45.3 Å². The zero-order chi connectivity index (χ0) is 16.3. The van der Waals surface area contributed by atoms with Crippen LogP contribution in [0.15, 0.2) is 24.3 Å². The minimum Gasteiger partial charge on any atom is -0.299 e. The summed E-state index contributed by atoms with van der Waals surface area (Å²) in [6.07, 6.45) is 0.347. The van der Waals surface area contributed by atoms with Crippen LogP contribution in [0.2, 0.25) is 0 Å². The molecule has 4 rings (SSSR count). The number of piperazine rings is 3. The molecule has 1 atom stereocenters. The highest BCUT2D eigenvalue weighted by Gasteiger charge is 2.32. The molecule has 23 heavy (non-hydrogen) atoms. The maximum Gasteiger partial charge on any atom is 0.215 e. The van der Waals surface area contributed by atoms with Crippen molar-refractivity contribution >= 4 is 10.0 Å². The second-order valence-corrected chi connectivity index (χ2v) is 8.06. The van der Waals surface area contributed by atoms with Crippen LogP contribution in [0.3, 0.4) is 0 Å². The van der Waals surface area contributed by atoms with Crippen LogP contribution in [-0.4, -0.2) is 63.5 Å². The van der Waals surface area contributed by atoms with Crippen LogP contribution in [0.25, 0.3) is 0 Å². The van der Waals surface area contributed by atoms with E-state index >= 15 is 0 Å². The molecule has 3 heterocycles. The van der Waals surface area contributed by atoms with Gasteiger partial charge in [0.05, 0.1) is 18.2 Å². The fraction of sp³-hybridized carbons (Fsp3) is 0.562. The van der Waals surface area contributed by atoms with Crippen molar-refractivity contribution in [2.75, 3.05) is 39.3 Å². The van der Waals surface area contributed by atoms with Crippen molar-refractivity contribution in [3.05, 3.63) is 35.4 Å². The number of hydrogen-bond donors (Lipinski definition) is 1. The van der Waals surface area contributed by atoms with Gasteiger partial charge in [0.1, 0.15) is 0 Å². The van der Waals surface area contributed by atoms with Crippen molar-refractivity contribution in [2.24, 2.45) is 0 Å². The van der Waals surface area contributed by atoms with E-state index in [9.17, 15) is 8.42 Å². The molecule has 0 saturated carbocycles.